The lowest BCUT2D eigenvalue weighted by Crippen LogP contribution is -2.29. The van der Waals surface area contributed by atoms with Gasteiger partial charge in [-0.25, -0.2) is 0 Å². The van der Waals surface area contributed by atoms with Crippen molar-refractivity contribution in [3.8, 4) is 11.1 Å². The third-order valence-corrected chi connectivity index (χ3v) is 3.41. The molecule has 1 amide bonds. The zero-order valence-corrected chi connectivity index (χ0v) is 11.3. The van der Waals surface area contributed by atoms with Crippen molar-refractivity contribution >= 4 is 11.6 Å². The van der Waals surface area contributed by atoms with Crippen molar-refractivity contribution in [3.63, 3.8) is 0 Å². The van der Waals surface area contributed by atoms with E-state index in [-0.39, 0.29) is 5.91 Å². The molecule has 2 aromatic carbocycles. The Morgan fingerprint density at radius 3 is 2.45 bits per heavy atom. The van der Waals surface area contributed by atoms with Gasteiger partial charge in [-0.3, -0.25) is 4.79 Å². The Labute approximate surface area is 119 Å². The van der Waals surface area contributed by atoms with Gasteiger partial charge >= 0.3 is 0 Å². The van der Waals surface area contributed by atoms with Crippen molar-refractivity contribution in [2.24, 2.45) is 0 Å². The van der Waals surface area contributed by atoms with Gasteiger partial charge in [0.1, 0.15) is 0 Å². The molecule has 1 saturated carbocycles. The Morgan fingerprint density at radius 1 is 1.00 bits per heavy atom. The lowest BCUT2D eigenvalue weighted by atomic mass is 10.0. The van der Waals surface area contributed by atoms with E-state index >= 15 is 0 Å². The quantitative estimate of drug-likeness (QED) is 0.873. The Kier molecular flexibility index (Phi) is 3.79. The highest BCUT2D eigenvalue weighted by Gasteiger charge is 2.21. The van der Waals surface area contributed by atoms with Crippen LogP contribution in [0.4, 0.5) is 5.69 Å². The molecule has 2 aromatic rings. The summed E-state index contributed by atoms with van der Waals surface area (Å²) in [5, 5.41) is 6.21. The zero-order chi connectivity index (χ0) is 13.8. The van der Waals surface area contributed by atoms with E-state index in [0.29, 0.717) is 12.6 Å². The van der Waals surface area contributed by atoms with Crippen LogP contribution in [0.25, 0.3) is 11.1 Å². The van der Waals surface area contributed by atoms with Crippen molar-refractivity contribution in [1.29, 1.82) is 0 Å². The molecule has 0 bridgehead atoms. The van der Waals surface area contributed by atoms with Gasteiger partial charge in [-0.2, -0.15) is 0 Å². The Hall–Kier alpha value is -2.13. The van der Waals surface area contributed by atoms with Crippen LogP contribution in [0.2, 0.25) is 0 Å². The fraction of sp³-hybridized carbons (Fsp3) is 0.235. The van der Waals surface area contributed by atoms with E-state index < -0.39 is 0 Å². The van der Waals surface area contributed by atoms with E-state index in [1.807, 2.05) is 54.6 Å². The molecule has 1 aliphatic carbocycles. The smallest absolute Gasteiger partial charge is 0.238 e. The first-order valence-corrected chi connectivity index (χ1v) is 7.00. The number of hydrogen-bond donors (Lipinski definition) is 2. The first-order valence-electron chi connectivity index (χ1n) is 7.00. The van der Waals surface area contributed by atoms with Gasteiger partial charge in [-0.05, 0) is 24.5 Å². The Morgan fingerprint density at radius 2 is 1.70 bits per heavy atom. The third-order valence-electron chi connectivity index (χ3n) is 3.41. The highest BCUT2D eigenvalue weighted by molar-refractivity contribution is 5.96. The number of anilines is 1. The van der Waals surface area contributed by atoms with E-state index in [0.717, 1.165) is 16.8 Å². The van der Waals surface area contributed by atoms with Crippen LogP contribution < -0.4 is 10.6 Å². The summed E-state index contributed by atoms with van der Waals surface area (Å²) >= 11 is 0. The molecule has 0 saturated heterocycles. The topological polar surface area (TPSA) is 41.1 Å². The van der Waals surface area contributed by atoms with Crippen LogP contribution in [-0.2, 0) is 4.79 Å². The molecule has 3 rings (SSSR count). The molecule has 0 aromatic heterocycles. The van der Waals surface area contributed by atoms with E-state index in [1.165, 1.54) is 12.8 Å². The van der Waals surface area contributed by atoms with Gasteiger partial charge in [0.2, 0.25) is 5.91 Å². The van der Waals surface area contributed by atoms with Crippen LogP contribution in [0.3, 0.4) is 0 Å². The summed E-state index contributed by atoms with van der Waals surface area (Å²) in [6.45, 7) is 0.383. The molecule has 1 fully saturated rings. The molecule has 1 aliphatic rings. The van der Waals surface area contributed by atoms with Crippen LogP contribution in [0.5, 0.6) is 0 Å². The maximum Gasteiger partial charge on any atom is 0.238 e. The summed E-state index contributed by atoms with van der Waals surface area (Å²) in [5.41, 5.74) is 3.02. The van der Waals surface area contributed by atoms with Gasteiger partial charge in [0.25, 0.3) is 0 Å². The number of amides is 1. The number of carbonyl (C=O) groups is 1. The zero-order valence-electron chi connectivity index (χ0n) is 11.3. The first kappa shape index (κ1) is 12.9. The predicted molar refractivity (Wildman–Crippen MR) is 81.5 cm³/mol. The molecule has 102 valence electrons. The molecule has 0 aliphatic heterocycles. The van der Waals surface area contributed by atoms with Crippen molar-refractivity contribution < 1.29 is 4.79 Å². The lowest BCUT2D eigenvalue weighted by Gasteiger charge is -2.11. The molecule has 2 N–H and O–H groups in total. The van der Waals surface area contributed by atoms with Crippen LogP contribution in [-0.4, -0.2) is 18.5 Å². The summed E-state index contributed by atoms with van der Waals surface area (Å²) in [6.07, 6.45) is 2.38. The minimum atomic E-state index is 0.0141. The molecule has 0 unspecified atom stereocenters. The van der Waals surface area contributed by atoms with Crippen molar-refractivity contribution in [1.82, 2.24) is 5.32 Å². The summed E-state index contributed by atoms with van der Waals surface area (Å²) in [6, 6.07) is 18.5. The molecule has 0 spiro atoms. The lowest BCUT2D eigenvalue weighted by molar-refractivity contribution is -0.115. The standard InChI is InChI=1S/C17H18N2O/c20-17(12-18-14-10-11-14)19-16-9-5-4-8-15(16)13-6-2-1-3-7-13/h1-9,14,18H,10-12H2,(H,19,20). The molecule has 3 heteroatoms. The summed E-state index contributed by atoms with van der Waals surface area (Å²) in [4.78, 5) is 12.0. The number of rotatable bonds is 5. The summed E-state index contributed by atoms with van der Waals surface area (Å²) in [7, 11) is 0. The molecule has 0 heterocycles. The van der Waals surface area contributed by atoms with Crippen molar-refractivity contribution in [3.05, 3.63) is 54.6 Å². The molecular formula is C17H18N2O. The monoisotopic (exact) mass is 266 g/mol. The number of hydrogen-bond acceptors (Lipinski definition) is 2. The molecule has 3 nitrogen and oxygen atoms in total. The second kappa shape index (κ2) is 5.88. The molecule has 0 radical (unpaired) electrons. The van der Waals surface area contributed by atoms with Crippen LogP contribution in [0, 0.1) is 0 Å². The highest BCUT2D eigenvalue weighted by Crippen LogP contribution is 2.27. The van der Waals surface area contributed by atoms with Crippen LogP contribution in [0.15, 0.2) is 54.6 Å². The molecule has 0 atom stereocenters. The fourth-order valence-electron chi connectivity index (χ4n) is 2.18. The maximum atomic E-state index is 12.0. The van der Waals surface area contributed by atoms with Crippen molar-refractivity contribution in [2.75, 3.05) is 11.9 Å². The average Bonchev–Trinajstić information content (AvgIpc) is 3.31. The summed E-state index contributed by atoms with van der Waals surface area (Å²) < 4.78 is 0. The van der Waals surface area contributed by atoms with Gasteiger partial charge in [-0.1, -0.05) is 48.5 Å². The number of para-hydroxylation sites is 1. The Balaban J connectivity index is 1.74. The SMILES string of the molecule is O=C(CNC1CC1)Nc1ccccc1-c1ccccc1. The average molecular weight is 266 g/mol. The van der Waals surface area contributed by atoms with Gasteiger partial charge < -0.3 is 10.6 Å². The van der Waals surface area contributed by atoms with Crippen LogP contribution >= 0.6 is 0 Å². The van der Waals surface area contributed by atoms with E-state index in [1.54, 1.807) is 0 Å². The molecule has 20 heavy (non-hydrogen) atoms. The fourth-order valence-corrected chi connectivity index (χ4v) is 2.18. The van der Waals surface area contributed by atoms with Crippen molar-refractivity contribution in [2.45, 2.75) is 18.9 Å². The molecular weight excluding hydrogens is 248 g/mol. The minimum absolute atomic E-state index is 0.0141. The van der Waals surface area contributed by atoms with E-state index in [2.05, 4.69) is 10.6 Å². The number of benzene rings is 2. The van der Waals surface area contributed by atoms with Crippen LogP contribution in [0.1, 0.15) is 12.8 Å². The first-order chi connectivity index (χ1) is 9.83. The number of carbonyl (C=O) groups excluding carboxylic acids is 1. The van der Waals surface area contributed by atoms with E-state index in [9.17, 15) is 4.79 Å². The van der Waals surface area contributed by atoms with Gasteiger partial charge in [0, 0.05) is 17.3 Å². The second-order valence-electron chi connectivity index (χ2n) is 5.11. The second-order valence-corrected chi connectivity index (χ2v) is 5.11. The highest BCUT2D eigenvalue weighted by atomic mass is 16.1. The van der Waals surface area contributed by atoms with E-state index in [4.69, 9.17) is 0 Å². The summed E-state index contributed by atoms with van der Waals surface area (Å²) in [5.74, 6) is 0.0141. The largest absolute Gasteiger partial charge is 0.324 e. The predicted octanol–water partition coefficient (Wildman–Crippen LogP) is 3.04. The maximum absolute atomic E-state index is 12.0. The normalized spacial score (nSPS) is 14.0. The third kappa shape index (κ3) is 3.25. The Bertz CT molecular complexity index is 591. The van der Waals surface area contributed by atoms with Gasteiger partial charge in [0.15, 0.2) is 0 Å². The van der Waals surface area contributed by atoms with Gasteiger partial charge in [-0.15, -0.1) is 0 Å². The minimum Gasteiger partial charge on any atom is -0.324 e. The number of nitrogens with one attached hydrogen (secondary N) is 2. The van der Waals surface area contributed by atoms with Gasteiger partial charge in [0.05, 0.1) is 6.54 Å².